The van der Waals surface area contributed by atoms with E-state index in [1.165, 1.54) is 6.07 Å². The predicted molar refractivity (Wildman–Crippen MR) is 181 cm³/mol. The number of aryl methyl sites for hydroxylation is 2. The molecule has 49 heavy (non-hydrogen) atoms. The van der Waals surface area contributed by atoms with Crippen LogP contribution in [0.3, 0.4) is 0 Å². The molecule has 6 rings (SSSR count). The summed E-state index contributed by atoms with van der Waals surface area (Å²) in [6, 6.07) is 12.2. The number of halogens is 1. The largest absolute Gasteiger partial charge is 0.490 e. The van der Waals surface area contributed by atoms with Crippen molar-refractivity contribution in [2.24, 2.45) is 7.05 Å². The predicted octanol–water partition coefficient (Wildman–Crippen LogP) is 6.82. The Labute approximate surface area is 285 Å². The topological polar surface area (TPSA) is 127 Å². The molecule has 1 fully saturated rings. The Kier molecular flexibility index (Phi) is 9.11. The first-order valence-electron chi connectivity index (χ1n) is 16.6. The van der Waals surface area contributed by atoms with Gasteiger partial charge in [-0.2, -0.15) is 5.26 Å². The van der Waals surface area contributed by atoms with Crippen LogP contribution < -0.4 is 9.47 Å². The first kappa shape index (κ1) is 33.9. The zero-order chi connectivity index (χ0) is 35.2. The molecule has 0 saturated carbocycles. The van der Waals surface area contributed by atoms with Gasteiger partial charge in [0.25, 0.3) is 5.91 Å². The van der Waals surface area contributed by atoms with E-state index in [2.05, 4.69) is 6.07 Å². The number of carboxylic acid groups (broad SMARTS) is 1. The number of aliphatic carboxylic acids is 1. The summed E-state index contributed by atoms with van der Waals surface area (Å²) in [5, 5.41) is 20.1. The van der Waals surface area contributed by atoms with Crippen LogP contribution in [0.5, 0.6) is 11.5 Å². The third-order valence-corrected chi connectivity index (χ3v) is 9.30. The summed E-state index contributed by atoms with van der Waals surface area (Å²) in [6.45, 7) is 10.3. The van der Waals surface area contributed by atoms with Crippen molar-refractivity contribution >= 4 is 22.9 Å². The fourth-order valence-corrected chi connectivity index (χ4v) is 6.92. The van der Waals surface area contributed by atoms with Gasteiger partial charge in [-0.15, -0.1) is 0 Å². The molecule has 0 aliphatic carbocycles. The number of amides is 1. The first-order chi connectivity index (χ1) is 23.3. The number of nitriles is 1. The molecule has 0 unspecified atom stereocenters. The van der Waals surface area contributed by atoms with Crippen molar-refractivity contribution in [1.29, 1.82) is 5.26 Å². The maximum Gasteiger partial charge on any atom is 0.337 e. The average molecular weight is 669 g/mol. The number of piperidine rings is 1. The quantitative estimate of drug-likeness (QED) is 0.227. The van der Waals surface area contributed by atoms with E-state index in [0.717, 1.165) is 17.5 Å². The van der Waals surface area contributed by atoms with E-state index in [1.807, 2.05) is 6.92 Å². The Hall–Kier alpha value is -4.95. The van der Waals surface area contributed by atoms with Gasteiger partial charge in [-0.3, -0.25) is 4.79 Å². The number of carboxylic acids is 1. The van der Waals surface area contributed by atoms with Gasteiger partial charge < -0.3 is 28.8 Å². The second-order valence-electron chi connectivity index (χ2n) is 13.8. The molecule has 2 aliphatic heterocycles. The van der Waals surface area contributed by atoms with Gasteiger partial charge in [0.1, 0.15) is 23.2 Å². The maximum atomic E-state index is 15.7. The average Bonchev–Trinajstić information content (AvgIpc) is 3.40. The molecule has 11 heteroatoms. The summed E-state index contributed by atoms with van der Waals surface area (Å²) in [4.78, 5) is 33.6. The molecule has 1 amide bonds. The molecule has 4 heterocycles. The molecule has 10 nitrogen and oxygen atoms in total. The van der Waals surface area contributed by atoms with Gasteiger partial charge >= 0.3 is 5.97 Å². The van der Waals surface area contributed by atoms with Crippen LogP contribution in [0.1, 0.15) is 84.6 Å². The Morgan fingerprint density at radius 1 is 1.14 bits per heavy atom. The molecular formula is C38H41FN4O6. The van der Waals surface area contributed by atoms with Gasteiger partial charge in [0, 0.05) is 60.7 Å². The molecule has 1 atom stereocenters. The van der Waals surface area contributed by atoms with Gasteiger partial charge in [0.2, 0.25) is 0 Å². The van der Waals surface area contributed by atoms with Gasteiger partial charge in [-0.1, -0.05) is 0 Å². The van der Waals surface area contributed by atoms with Crippen LogP contribution in [0.4, 0.5) is 4.39 Å². The number of nitrogens with zero attached hydrogens (tertiary/aromatic N) is 4. The molecule has 2 aromatic carbocycles. The number of carbonyl (C=O) groups is 2. The summed E-state index contributed by atoms with van der Waals surface area (Å²) < 4.78 is 35.4. The number of hydrogen-bond acceptors (Lipinski definition) is 7. The highest BCUT2D eigenvalue weighted by atomic mass is 19.1. The van der Waals surface area contributed by atoms with Crippen molar-refractivity contribution in [2.75, 3.05) is 19.7 Å². The number of carbonyl (C=O) groups excluding carboxylic acids is 1. The zero-order valence-corrected chi connectivity index (χ0v) is 28.7. The molecule has 0 radical (unpaired) electrons. The second kappa shape index (κ2) is 13.2. The number of aromatic nitrogens is 2. The zero-order valence-electron chi connectivity index (χ0n) is 28.7. The Bertz CT molecular complexity index is 1980. The number of pyridine rings is 1. The SMILES string of the molecule is Cc1nc2c(cc(C(=O)N3CCC(Oc4ccc(C#N)cc4)CC3)n2C)c(-c2cc(F)c3c(c2C)CCCO3)c1[C@H](OC(C)(C)C)C(=O)O. The molecular weight excluding hydrogens is 627 g/mol. The maximum absolute atomic E-state index is 15.7. The fourth-order valence-electron chi connectivity index (χ4n) is 6.92. The second-order valence-corrected chi connectivity index (χ2v) is 13.8. The standard InChI is InChI=1S/C38H41FN4O6/c1-21-26-8-7-17-47-33(26)29(39)18-27(21)32-28-19-30(42(6)35(28)41-22(2)31(32)34(37(45)46)49-38(3,4)5)36(44)43-15-13-25(14-16-43)48-24-11-9-23(20-40)10-12-24/h9-12,18-19,25,34H,7-8,13-17H2,1-6H3,(H,45,46)/t34-/m0/s1. The lowest BCUT2D eigenvalue weighted by molar-refractivity contribution is -0.160. The fraction of sp³-hybridized carbons (Fsp3) is 0.421. The molecule has 4 aromatic rings. The van der Waals surface area contributed by atoms with E-state index in [0.29, 0.717) is 89.4 Å². The van der Waals surface area contributed by atoms with Gasteiger partial charge in [-0.05, 0) is 95.0 Å². The van der Waals surface area contributed by atoms with E-state index in [1.54, 1.807) is 74.5 Å². The van der Waals surface area contributed by atoms with Crippen LogP contribution >= 0.6 is 0 Å². The number of likely N-dealkylation sites (tertiary alicyclic amines) is 1. The highest BCUT2D eigenvalue weighted by Crippen LogP contribution is 2.45. The third-order valence-electron chi connectivity index (χ3n) is 9.30. The van der Waals surface area contributed by atoms with Gasteiger partial charge in [0.05, 0.1) is 23.8 Å². The summed E-state index contributed by atoms with van der Waals surface area (Å²) in [5.74, 6) is -1.00. The molecule has 0 bridgehead atoms. The molecule has 2 aromatic heterocycles. The Balaban J connectivity index is 1.42. The van der Waals surface area contributed by atoms with E-state index < -0.39 is 23.5 Å². The van der Waals surface area contributed by atoms with Gasteiger partial charge in [-0.25, -0.2) is 14.2 Å². The van der Waals surface area contributed by atoms with E-state index in [9.17, 15) is 14.7 Å². The van der Waals surface area contributed by atoms with Crippen LogP contribution in [0.25, 0.3) is 22.2 Å². The van der Waals surface area contributed by atoms with Crippen molar-refractivity contribution in [1.82, 2.24) is 14.5 Å². The number of fused-ring (bicyclic) bond motifs is 2. The van der Waals surface area contributed by atoms with Crippen LogP contribution in [-0.2, 0) is 23.0 Å². The molecule has 0 spiro atoms. The lowest BCUT2D eigenvalue weighted by Crippen LogP contribution is -2.42. The molecule has 1 N–H and O–H groups in total. The summed E-state index contributed by atoms with van der Waals surface area (Å²) >= 11 is 0. The van der Waals surface area contributed by atoms with Crippen LogP contribution in [0, 0.1) is 31.0 Å². The van der Waals surface area contributed by atoms with E-state index in [-0.39, 0.29) is 17.8 Å². The summed E-state index contributed by atoms with van der Waals surface area (Å²) in [7, 11) is 1.76. The number of hydrogen-bond donors (Lipinski definition) is 1. The normalized spacial score (nSPS) is 15.8. The van der Waals surface area contributed by atoms with Crippen LogP contribution in [0.15, 0.2) is 36.4 Å². The monoisotopic (exact) mass is 668 g/mol. The van der Waals surface area contributed by atoms with Crippen molar-refractivity contribution < 1.29 is 33.3 Å². The summed E-state index contributed by atoms with van der Waals surface area (Å²) in [6.07, 6.45) is 1.13. The van der Waals surface area contributed by atoms with Crippen molar-refractivity contribution in [3.8, 4) is 28.7 Å². The molecule has 2 aliphatic rings. The third kappa shape index (κ3) is 6.57. The van der Waals surface area contributed by atoms with E-state index in [4.69, 9.17) is 24.5 Å². The van der Waals surface area contributed by atoms with Gasteiger partial charge in [0.15, 0.2) is 17.7 Å². The molecule has 256 valence electrons. The minimum absolute atomic E-state index is 0.0791. The Morgan fingerprint density at radius 2 is 1.84 bits per heavy atom. The number of rotatable bonds is 7. The van der Waals surface area contributed by atoms with Crippen molar-refractivity contribution in [2.45, 2.75) is 78.1 Å². The number of benzene rings is 2. The minimum Gasteiger partial charge on any atom is -0.490 e. The summed E-state index contributed by atoms with van der Waals surface area (Å²) in [5.41, 5.74) is 3.86. The smallest absolute Gasteiger partial charge is 0.337 e. The Morgan fingerprint density at radius 3 is 2.47 bits per heavy atom. The lowest BCUT2D eigenvalue weighted by atomic mass is 9.86. The minimum atomic E-state index is -1.41. The highest BCUT2D eigenvalue weighted by Gasteiger charge is 2.35. The first-order valence-corrected chi connectivity index (χ1v) is 16.6. The van der Waals surface area contributed by atoms with Crippen molar-refractivity contribution in [3.63, 3.8) is 0 Å². The van der Waals surface area contributed by atoms with Crippen LogP contribution in [0.2, 0.25) is 0 Å². The van der Waals surface area contributed by atoms with Crippen molar-refractivity contribution in [3.05, 3.63) is 75.9 Å². The lowest BCUT2D eigenvalue weighted by Gasteiger charge is -2.32. The van der Waals surface area contributed by atoms with E-state index >= 15 is 4.39 Å². The number of ether oxygens (including phenoxy) is 3. The molecule has 1 saturated heterocycles. The highest BCUT2D eigenvalue weighted by molar-refractivity contribution is 6.04. The van der Waals surface area contributed by atoms with Crippen LogP contribution in [-0.4, -0.2) is 62.8 Å².